The maximum Gasteiger partial charge on any atom is 0.244 e. The number of hydrogen-bond acceptors (Lipinski definition) is 4. The van der Waals surface area contributed by atoms with Crippen LogP contribution in [0.1, 0.15) is 53.3 Å². The normalized spacial score (nSPS) is 14.8. The lowest BCUT2D eigenvalue weighted by molar-refractivity contribution is 0.198. The smallest absolute Gasteiger partial charge is 0.244 e. The third-order valence-corrected chi connectivity index (χ3v) is 4.22. The molecule has 1 rings (SSSR count). The van der Waals surface area contributed by atoms with Crippen LogP contribution in [0.25, 0.3) is 0 Å². The minimum absolute atomic E-state index is 0.0151. The molecular weight excluding hydrogens is 278 g/mol. The van der Waals surface area contributed by atoms with Crippen molar-refractivity contribution in [1.29, 1.82) is 0 Å². The van der Waals surface area contributed by atoms with Crippen molar-refractivity contribution in [3.8, 4) is 0 Å². The zero-order valence-corrected chi connectivity index (χ0v) is 13.8. The summed E-state index contributed by atoms with van der Waals surface area (Å²) in [7, 11) is -3.68. The highest BCUT2D eigenvalue weighted by atomic mass is 32.2. The van der Waals surface area contributed by atoms with Crippen LogP contribution < -0.4 is 4.72 Å². The molecule has 0 radical (unpaired) electrons. The number of rotatable bonds is 5. The van der Waals surface area contributed by atoms with Gasteiger partial charge in [0.15, 0.2) is 0 Å². The Balaban J connectivity index is 3.28. The predicted molar refractivity (Wildman–Crippen MR) is 78.2 cm³/mol. The SMILES string of the molecule is CC(O)CNS(=O)(=O)c1cn(C(C)C)nc1C(C)(C)C. The number of nitrogens with one attached hydrogen (secondary N) is 1. The van der Waals surface area contributed by atoms with Crippen LogP contribution in [0.3, 0.4) is 0 Å². The molecule has 0 aliphatic rings. The lowest BCUT2D eigenvalue weighted by Crippen LogP contribution is -2.32. The highest BCUT2D eigenvalue weighted by Gasteiger charge is 2.30. The summed E-state index contributed by atoms with van der Waals surface area (Å²) >= 11 is 0. The van der Waals surface area contributed by atoms with E-state index < -0.39 is 16.1 Å². The molecule has 0 aliphatic carbocycles. The average Bonchev–Trinajstić information content (AvgIpc) is 2.71. The first-order valence-corrected chi connectivity index (χ1v) is 8.21. The molecule has 0 saturated heterocycles. The van der Waals surface area contributed by atoms with E-state index in [2.05, 4.69) is 9.82 Å². The number of hydrogen-bond donors (Lipinski definition) is 2. The molecule has 2 N–H and O–H groups in total. The van der Waals surface area contributed by atoms with E-state index in [9.17, 15) is 13.5 Å². The van der Waals surface area contributed by atoms with E-state index in [-0.39, 0.29) is 22.9 Å². The molecule has 0 bridgehead atoms. The summed E-state index contributed by atoms with van der Waals surface area (Å²) in [5.41, 5.74) is 0.152. The standard InChI is InChI=1S/C13H25N3O3S/c1-9(2)16-8-11(12(15-16)13(4,5)6)20(18,19)14-7-10(3)17/h8-10,14,17H,7H2,1-6H3. The Bertz CT molecular complexity index is 554. The molecule has 1 heterocycles. The van der Waals surface area contributed by atoms with Crippen molar-refractivity contribution in [3.63, 3.8) is 0 Å². The zero-order valence-electron chi connectivity index (χ0n) is 13.0. The van der Waals surface area contributed by atoms with Crippen molar-refractivity contribution in [2.75, 3.05) is 6.54 Å². The minimum Gasteiger partial charge on any atom is -0.392 e. The van der Waals surface area contributed by atoms with Gasteiger partial charge in [0, 0.05) is 24.2 Å². The first-order valence-electron chi connectivity index (χ1n) is 6.72. The van der Waals surface area contributed by atoms with Crippen molar-refractivity contribution in [1.82, 2.24) is 14.5 Å². The molecule has 1 aromatic rings. The fourth-order valence-electron chi connectivity index (χ4n) is 1.66. The van der Waals surface area contributed by atoms with E-state index in [4.69, 9.17) is 0 Å². The summed E-state index contributed by atoms with van der Waals surface area (Å²) in [6, 6.07) is 0.0804. The molecule has 20 heavy (non-hydrogen) atoms. The molecule has 0 spiro atoms. The number of nitrogens with zero attached hydrogens (tertiary/aromatic N) is 2. The molecule has 6 nitrogen and oxygen atoms in total. The van der Waals surface area contributed by atoms with Crippen LogP contribution in [0.5, 0.6) is 0 Å². The van der Waals surface area contributed by atoms with Crippen LogP contribution in [0.2, 0.25) is 0 Å². The Morgan fingerprint density at radius 2 is 1.90 bits per heavy atom. The summed E-state index contributed by atoms with van der Waals surface area (Å²) in [4.78, 5) is 0.180. The van der Waals surface area contributed by atoms with E-state index in [1.165, 1.54) is 6.92 Å². The molecule has 0 saturated carbocycles. The first-order chi connectivity index (χ1) is 8.95. The van der Waals surface area contributed by atoms with Gasteiger partial charge in [0.2, 0.25) is 10.0 Å². The van der Waals surface area contributed by atoms with Crippen molar-refractivity contribution >= 4 is 10.0 Å². The van der Waals surface area contributed by atoms with E-state index in [0.29, 0.717) is 5.69 Å². The van der Waals surface area contributed by atoms with Gasteiger partial charge >= 0.3 is 0 Å². The molecular formula is C13H25N3O3S. The second kappa shape index (κ2) is 5.83. The number of aliphatic hydroxyl groups is 1. The quantitative estimate of drug-likeness (QED) is 0.861. The maximum absolute atomic E-state index is 12.4. The summed E-state index contributed by atoms with van der Waals surface area (Å²) in [6.07, 6.45) is 0.818. The fraction of sp³-hybridized carbons (Fsp3) is 0.769. The minimum atomic E-state index is -3.68. The molecule has 1 aromatic heterocycles. The topological polar surface area (TPSA) is 84.2 Å². The van der Waals surface area contributed by atoms with Crippen LogP contribution in [0, 0.1) is 0 Å². The first kappa shape index (κ1) is 17.1. The Morgan fingerprint density at radius 3 is 2.30 bits per heavy atom. The highest BCUT2D eigenvalue weighted by molar-refractivity contribution is 7.89. The zero-order chi connectivity index (χ0) is 15.7. The summed E-state index contributed by atoms with van der Waals surface area (Å²) in [5.74, 6) is 0. The van der Waals surface area contributed by atoms with Crippen LogP contribution >= 0.6 is 0 Å². The Morgan fingerprint density at radius 1 is 1.35 bits per heavy atom. The molecule has 116 valence electrons. The van der Waals surface area contributed by atoms with Crippen LogP contribution in [-0.2, 0) is 15.4 Å². The van der Waals surface area contributed by atoms with E-state index >= 15 is 0 Å². The number of sulfonamides is 1. The van der Waals surface area contributed by atoms with E-state index in [1.807, 2.05) is 34.6 Å². The highest BCUT2D eigenvalue weighted by Crippen LogP contribution is 2.28. The second-order valence-corrected chi connectivity index (χ2v) is 8.10. The largest absolute Gasteiger partial charge is 0.392 e. The molecule has 1 atom stereocenters. The lowest BCUT2D eigenvalue weighted by atomic mass is 9.92. The van der Waals surface area contributed by atoms with Gasteiger partial charge in [0.25, 0.3) is 0 Å². The molecule has 0 amide bonds. The van der Waals surface area contributed by atoms with Crippen LogP contribution in [0.4, 0.5) is 0 Å². The van der Waals surface area contributed by atoms with Gasteiger partial charge in [0.05, 0.1) is 11.8 Å². The molecule has 0 fully saturated rings. The second-order valence-electron chi connectivity index (χ2n) is 6.37. The maximum atomic E-state index is 12.4. The van der Waals surface area contributed by atoms with Gasteiger partial charge in [-0.2, -0.15) is 5.10 Å². The Hall–Kier alpha value is -0.920. The third kappa shape index (κ3) is 4.04. The van der Waals surface area contributed by atoms with Crippen LogP contribution in [-0.4, -0.2) is 36.0 Å². The van der Waals surface area contributed by atoms with Gasteiger partial charge in [-0.1, -0.05) is 20.8 Å². The molecule has 1 unspecified atom stereocenters. The van der Waals surface area contributed by atoms with Gasteiger partial charge in [-0.15, -0.1) is 0 Å². The van der Waals surface area contributed by atoms with Gasteiger partial charge in [-0.25, -0.2) is 13.1 Å². The number of aromatic nitrogens is 2. The van der Waals surface area contributed by atoms with Gasteiger partial charge in [0.1, 0.15) is 4.90 Å². The number of aliphatic hydroxyl groups excluding tert-OH is 1. The predicted octanol–water partition coefficient (Wildman–Crippen LogP) is 1.42. The van der Waals surface area contributed by atoms with E-state index in [1.54, 1.807) is 10.9 Å². The molecule has 7 heteroatoms. The van der Waals surface area contributed by atoms with Crippen molar-refractivity contribution < 1.29 is 13.5 Å². The van der Waals surface area contributed by atoms with Crippen LogP contribution in [0.15, 0.2) is 11.1 Å². The fourth-order valence-corrected chi connectivity index (χ4v) is 3.13. The summed E-state index contributed by atoms with van der Waals surface area (Å²) in [5, 5.41) is 13.6. The Labute approximate surface area is 121 Å². The monoisotopic (exact) mass is 303 g/mol. The Kier molecular flexibility index (Phi) is 4.99. The van der Waals surface area contributed by atoms with Crippen molar-refractivity contribution in [3.05, 3.63) is 11.9 Å². The van der Waals surface area contributed by atoms with Crippen molar-refractivity contribution in [2.24, 2.45) is 0 Å². The van der Waals surface area contributed by atoms with Gasteiger partial charge in [-0.05, 0) is 20.8 Å². The van der Waals surface area contributed by atoms with Gasteiger partial charge in [-0.3, -0.25) is 4.68 Å². The van der Waals surface area contributed by atoms with Crippen molar-refractivity contribution in [2.45, 2.75) is 64.0 Å². The third-order valence-electron chi connectivity index (χ3n) is 2.80. The lowest BCUT2D eigenvalue weighted by Gasteiger charge is -2.18. The summed E-state index contributed by atoms with van der Waals surface area (Å²) in [6.45, 7) is 11.2. The van der Waals surface area contributed by atoms with Gasteiger partial charge < -0.3 is 5.11 Å². The molecule has 0 aliphatic heterocycles. The average molecular weight is 303 g/mol. The summed E-state index contributed by atoms with van der Waals surface area (Å²) < 4.78 is 28.8. The molecule has 0 aromatic carbocycles. The van der Waals surface area contributed by atoms with E-state index in [0.717, 1.165) is 0 Å².